The predicted molar refractivity (Wildman–Crippen MR) is 92.2 cm³/mol. The lowest BCUT2D eigenvalue weighted by molar-refractivity contribution is 0.257. The zero-order chi connectivity index (χ0) is 14.9. The highest BCUT2D eigenvalue weighted by atomic mass is 15.3. The standard InChI is InChI=1S/C18H31N3/c1-3-4-5-9-19-10-11-20-12-14-21(15-13-20)18-8-6-7-17(2)16-18/h6-8,16,19H,3-5,9-15H2,1-2H3. The van der Waals surface area contributed by atoms with Crippen LogP contribution in [0.3, 0.4) is 0 Å². The molecule has 1 N–H and O–H groups in total. The van der Waals surface area contributed by atoms with Crippen LogP contribution in [0.5, 0.6) is 0 Å². The van der Waals surface area contributed by atoms with Crippen molar-refractivity contribution in [2.45, 2.75) is 33.1 Å². The first-order valence-electron chi connectivity index (χ1n) is 8.54. The van der Waals surface area contributed by atoms with Crippen molar-refractivity contribution in [1.82, 2.24) is 10.2 Å². The second-order valence-electron chi connectivity index (χ2n) is 6.12. The molecule has 0 bridgehead atoms. The van der Waals surface area contributed by atoms with E-state index in [1.54, 1.807) is 0 Å². The van der Waals surface area contributed by atoms with Gasteiger partial charge in [-0.1, -0.05) is 31.9 Å². The van der Waals surface area contributed by atoms with Crippen LogP contribution >= 0.6 is 0 Å². The number of rotatable bonds is 8. The Hall–Kier alpha value is -1.06. The average molecular weight is 289 g/mol. The van der Waals surface area contributed by atoms with Gasteiger partial charge in [0.2, 0.25) is 0 Å². The van der Waals surface area contributed by atoms with Crippen LogP contribution in [0.1, 0.15) is 31.7 Å². The van der Waals surface area contributed by atoms with E-state index in [1.807, 2.05) is 0 Å². The number of nitrogens with zero attached hydrogens (tertiary/aromatic N) is 2. The summed E-state index contributed by atoms with van der Waals surface area (Å²) in [5.74, 6) is 0. The first-order valence-corrected chi connectivity index (χ1v) is 8.54. The van der Waals surface area contributed by atoms with E-state index in [9.17, 15) is 0 Å². The van der Waals surface area contributed by atoms with E-state index in [1.165, 1.54) is 56.7 Å². The maximum atomic E-state index is 3.56. The second-order valence-corrected chi connectivity index (χ2v) is 6.12. The van der Waals surface area contributed by atoms with Crippen LogP contribution in [0.25, 0.3) is 0 Å². The Kier molecular flexibility index (Phi) is 7.04. The van der Waals surface area contributed by atoms with E-state index in [4.69, 9.17) is 0 Å². The van der Waals surface area contributed by atoms with Crippen molar-refractivity contribution in [3.8, 4) is 0 Å². The fraction of sp³-hybridized carbons (Fsp3) is 0.667. The molecule has 0 aliphatic carbocycles. The molecule has 1 fully saturated rings. The summed E-state index contributed by atoms with van der Waals surface area (Å²) in [7, 11) is 0. The number of anilines is 1. The van der Waals surface area contributed by atoms with Crippen molar-refractivity contribution in [1.29, 1.82) is 0 Å². The third-order valence-corrected chi connectivity index (χ3v) is 4.30. The van der Waals surface area contributed by atoms with E-state index in [0.717, 1.165) is 19.6 Å². The Balaban J connectivity index is 1.62. The van der Waals surface area contributed by atoms with Crippen LogP contribution in [0.4, 0.5) is 5.69 Å². The predicted octanol–water partition coefficient (Wildman–Crippen LogP) is 2.90. The van der Waals surface area contributed by atoms with Crippen LogP contribution in [0.2, 0.25) is 0 Å². The van der Waals surface area contributed by atoms with Crippen LogP contribution in [-0.4, -0.2) is 50.7 Å². The van der Waals surface area contributed by atoms with Crippen LogP contribution in [0.15, 0.2) is 24.3 Å². The first kappa shape index (κ1) is 16.3. The van der Waals surface area contributed by atoms with Gasteiger partial charge in [-0.2, -0.15) is 0 Å². The number of hydrogen-bond acceptors (Lipinski definition) is 3. The van der Waals surface area contributed by atoms with Gasteiger partial charge >= 0.3 is 0 Å². The molecule has 1 aliphatic rings. The topological polar surface area (TPSA) is 18.5 Å². The minimum Gasteiger partial charge on any atom is -0.369 e. The van der Waals surface area contributed by atoms with Gasteiger partial charge in [-0.15, -0.1) is 0 Å². The lowest BCUT2D eigenvalue weighted by Gasteiger charge is -2.36. The van der Waals surface area contributed by atoms with E-state index >= 15 is 0 Å². The summed E-state index contributed by atoms with van der Waals surface area (Å²) in [5, 5.41) is 3.56. The van der Waals surface area contributed by atoms with Crippen molar-refractivity contribution in [2.24, 2.45) is 0 Å². The molecule has 0 atom stereocenters. The van der Waals surface area contributed by atoms with Crippen molar-refractivity contribution in [2.75, 3.05) is 50.7 Å². The third kappa shape index (κ3) is 5.68. The largest absolute Gasteiger partial charge is 0.369 e. The van der Waals surface area contributed by atoms with E-state index in [0.29, 0.717) is 0 Å². The van der Waals surface area contributed by atoms with E-state index in [-0.39, 0.29) is 0 Å². The summed E-state index contributed by atoms with van der Waals surface area (Å²) in [4.78, 5) is 5.09. The van der Waals surface area contributed by atoms with Gasteiger partial charge in [0.05, 0.1) is 0 Å². The minimum atomic E-state index is 1.13. The molecule has 0 amide bonds. The Morgan fingerprint density at radius 2 is 1.86 bits per heavy atom. The summed E-state index contributed by atoms with van der Waals surface area (Å²) in [6.07, 6.45) is 3.97. The molecule has 0 saturated carbocycles. The minimum absolute atomic E-state index is 1.13. The molecule has 0 radical (unpaired) electrons. The van der Waals surface area contributed by atoms with Gasteiger partial charge in [-0.3, -0.25) is 4.90 Å². The lowest BCUT2D eigenvalue weighted by Crippen LogP contribution is -2.48. The molecule has 118 valence electrons. The average Bonchev–Trinajstić information content (AvgIpc) is 2.51. The molecule has 0 unspecified atom stereocenters. The highest BCUT2D eigenvalue weighted by molar-refractivity contribution is 5.48. The van der Waals surface area contributed by atoms with Crippen molar-refractivity contribution in [3.05, 3.63) is 29.8 Å². The van der Waals surface area contributed by atoms with Gasteiger partial charge < -0.3 is 10.2 Å². The Labute approximate surface area is 130 Å². The number of hydrogen-bond donors (Lipinski definition) is 1. The molecule has 1 heterocycles. The highest BCUT2D eigenvalue weighted by Crippen LogP contribution is 2.17. The SMILES string of the molecule is CCCCCNCCN1CCN(c2cccc(C)c2)CC1. The van der Waals surface area contributed by atoms with Gasteiger partial charge in [-0.25, -0.2) is 0 Å². The fourth-order valence-electron chi connectivity index (χ4n) is 2.92. The number of aryl methyl sites for hydroxylation is 1. The monoisotopic (exact) mass is 289 g/mol. The van der Waals surface area contributed by atoms with Crippen LogP contribution in [-0.2, 0) is 0 Å². The molecule has 0 spiro atoms. The zero-order valence-corrected chi connectivity index (χ0v) is 13.8. The molecule has 3 heteroatoms. The van der Waals surface area contributed by atoms with Crippen LogP contribution < -0.4 is 10.2 Å². The Bertz CT molecular complexity index is 397. The maximum absolute atomic E-state index is 3.56. The molecule has 2 rings (SSSR count). The van der Waals surface area contributed by atoms with Gasteiger partial charge in [0, 0.05) is 45.0 Å². The molecular formula is C18H31N3. The summed E-state index contributed by atoms with van der Waals surface area (Å²) in [6, 6.07) is 8.87. The Morgan fingerprint density at radius 3 is 2.57 bits per heavy atom. The smallest absolute Gasteiger partial charge is 0.0369 e. The molecule has 21 heavy (non-hydrogen) atoms. The molecule has 1 aromatic carbocycles. The number of unbranched alkanes of at least 4 members (excludes halogenated alkanes) is 2. The van der Waals surface area contributed by atoms with Crippen molar-refractivity contribution < 1.29 is 0 Å². The van der Waals surface area contributed by atoms with Gasteiger partial charge in [0.15, 0.2) is 0 Å². The number of piperazine rings is 1. The third-order valence-electron chi connectivity index (χ3n) is 4.30. The normalized spacial score (nSPS) is 16.4. The molecular weight excluding hydrogens is 258 g/mol. The quantitative estimate of drug-likeness (QED) is 0.742. The number of benzene rings is 1. The zero-order valence-electron chi connectivity index (χ0n) is 13.8. The van der Waals surface area contributed by atoms with Crippen molar-refractivity contribution in [3.63, 3.8) is 0 Å². The molecule has 1 saturated heterocycles. The summed E-state index contributed by atoms with van der Waals surface area (Å²) in [5.41, 5.74) is 2.73. The summed E-state index contributed by atoms with van der Waals surface area (Å²) < 4.78 is 0. The van der Waals surface area contributed by atoms with E-state index < -0.39 is 0 Å². The summed E-state index contributed by atoms with van der Waals surface area (Å²) >= 11 is 0. The highest BCUT2D eigenvalue weighted by Gasteiger charge is 2.16. The van der Waals surface area contributed by atoms with Gasteiger partial charge in [-0.05, 0) is 37.6 Å². The van der Waals surface area contributed by atoms with Crippen molar-refractivity contribution >= 4 is 5.69 Å². The second kappa shape index (κ2) is 9.06. The number of nitrogens with one attached hydrogen (secondary N) is 1. The fourth-order valence-corrected chi connectivity index (χ4v) is 2.92. The Morgan fingerprint density at radius 1 is 1.05 bits per heavy atom. The van der Waals surface area contributed by atoms with Gasteiger partial charge in [0.1, 0.15) is 0 Å². The maximum Gasteiger partial charge on any atom is 0.0369 e. The lowest BCUT2D eigenvalue weighted by atomic mass is 10.2. The molecule has 0 aromatic heterocycles. The van der Waals surface area contributed by atoms with Crippen LogP contribution in [0, 0.1) is 6.92 Å². The molecule has 1 aliphatic heterocycles. The summed E-state index contributed by atoms with van der Waals surface area (Å²) in [6.45, 7) is 12.6. The first-order chi connectivity index (χ1) is 10.3. The molecule has 1 aromatic rings. The van der Waals surface area contributed by atoms with Gasteiger partial charge in [0.25, 0.3) is 0 Å². The molecule has 3 nitrogen and oxygen atoms in total. The van der Waals surface area contributed by atoms with E-state index in [2.05, 4.69) is 53.2 Å².